The summed E-state index contributed by atoms with van der Waals surface area (Å²) in [6.45, 7) is 4.59. The summed E-state index contributed by atoms with van der Waals surface area (Å²) in [6.07, 6.45) is 14.9. The number of likely N-dealkylation sites (tertiary alicyclic amines) is 2. The zero-order valence-electron chi connectivity index (χ0n) is 17.2. The minimum Gasteiger partial charge on any atom is -0.467 e. The highest BCUT2D eigenvalue weighted by molar-refractivity contribution is 5.84. The summed E-state index contributed by atoms with van der Waals surface area (Å²) in [4.78, 5) is 26.4. The van der Waals surface area contributed by atoms with Gasteiger partial charge < -0.3 is 9.64 Å². The number of carbonyl (C=O) groups excluding carboxylic acids is 1. The second-order valence-corrected chi connectivity index (χ2v) is 9.01. The standard InChI is InChI=1S/C22H34N4O2/c1-28-21-23-14-19(15-24-21)16-25-13-10-22(17-25)9-5-11-26(20(22)27)12-8-18-6-3-2-4-7-18/h14-15,18H,2-13,16-17H2,1H3. The summed E-state index contributed by atoms with van der Waals surface area (Å²) >= 11 is 0. The molecule has 1 aliphatic carbocycles. The summed E-state index contributed by atoms with van der Waals surface area (Å²) < 4.78 is 5.04. The van der Waals surface area contributed by atoms with Crippen molar-refractivity contribution in [1.82, 2.24) is 19.8 Å². The number of ether oxygens (including phenoxy) is 1. The summed E-state index contributed by atoms with van der Waals surface area (Å²) in [5.74, 6) is 1.26. The Bertz CT molecular complexity index is 659. The molecule has 6 nitrogen and oxygen atoms in total. The van der Waals surface area contributed by atoms with Gasteiger partial charge in [-0.15, -0.1) is 0 Å². The van der Waals surface area contributed by atoms with Crippen molar-refractivity contribution in [2.75, 3.05) is 33.3 Å². The number of nitrogens with zero attached hydrogens (tertiary/aromatic N) is 4. The first-order chi connectivity index (χ1) is 13.7. The predicted octanol–water partition coefficient (Wildman–Crippen LogP) is 3.27. The Morgan fingerprint density at radius 2 is 1.89 bits per heavy atom. The monoisotopic (exact) mass is 386 g/mol. The molecule has 28 heavy (non-hydrogen) atoms. The highest BCUT2D eigenvalue weighted by atomic mass is 16.5. The minimum atomic E-state index is -0.155. The van der Waals surface area contributed by atoms with Gasteiger partial charge in [0.25, 0.3) is 0 Å². The molecule has 3 fully saturated rings. The van der Waals surface area contributed by atoms with Crippen LogP contribution in [0.4, 0.5) is 0 Å². The SMILES string of the molecule is COc1ncc(CN2CCC3(CCCN(CCC4CCCCC4)C3=O)C2)cn1. The van der Waals surface area contributed by atoms with Crippen LogP contribution in [0.1, 0.15) is 63.4 Å². The van der Waals surface area contributed by atoms with E-state index in [9.17, 15) is 4.79 Å². The number of hydrogen-bond acceptors (Lipinski definition) is 5. The van der Waals surface area contributed by atoms with Crippen LogP contribution in [0.5, 0.6) is 6.01 Å². The third-order valence-electron chi connectivity index (χ3n) is 7.06. The zero-order chi connectivity index (χ0) is 19.4. The van der Waals surface area contributed by atoms with Crippen LogP contribution in [0, 0.1) is 11.3 Å². The van der Waals surface area contributed by atoms with Gasteiger partial charge in [0, 0.05) is 44.1 Å². The molecule has 1 aromatic rings. The Morgan fingerprint density at radius 3 is 2.64 bits per heavy atom. The van der Waals surface area contributed by atoms with Crippen LogP contribution in [-0.2, 0) is 11.3 Å². The van der Waals surface area contributed by atoms with Gasteiger partial charge in [-0.25, -0.2) is 9.97 Å². The molecule has 1 unspecified atom stereocenters. The maximum Gasteiger partial charge on any atom is 0.316 e. The van der Waals surface area contributed by atoms with Crippen LogP contribution in [-0.4, -0.2) is 59.0 Å². The fraction of sp³-hybridized carbons (Fsp3) is 0.773. The molecule has 4 rings (SSSR count). The molecule has 2 saturated heterocycles. The molecule has 1 amide bonds. The molecule has 3 heterocycles. The van der Waals surface area contributed by atoms with Gasteiger partial charge in [0.05, 0.1) is 12.5 Å². The van der Waals surface area contributed by atoms with E-state index in [1.165, 1.54) is 38.5 Å². The van der Waals surface area contributed by atoms with Gasteiger partial charge in [-0.1, -0.05) is 32.1 Å². The molecule has 154 valence electrons. The summed E-state index contributed by atoms with van der Waals surface area (Å²) in [5, 5.41) is 0. The van der Waals surface area contributed by atoms with Gasteiger partial charge in [0.15, 0.2) is 0 Å². The number of hydrogen-bond donors (Lipinski definition) is 0. The van der Waals surface area contributed by atoms with Gasteiger partial charge in [0.2, 0.25) is 5.91 Å². The molecule has 0 radical (unpaired) electrons. The smallest absolute Gasteiger partial charge is 0.316 e. The lowest BCUT2D eigenvalue weighted by Crippen LogP contribution is -2.50. The Hall–Kier alpha value is -1.69. The molecule has 1 aromatic heterocycles. The second-order valence-electron chi connectivity index (χ2n) is 9.01. The Labute approximate surface area is 168 Å². The number of rotatable bonds is 6. The van der Waals surface area contributed by atoms with Crippen LogP contribution < -0.4 is 4.74 Å². The van der Waals surface area contributed by atoms with Crippen LogP contribution >= 0.6 is 0 Å². The van der Waals surface area contributed by atoms with Gasteiger partial charge in [-0.2, -0.15) is 0 Å². The van der Waals surface area contributed by atoms with E-state index in [0.717, 1.165) is 63.5 Å². The van der Waals surface area contributed by atoms with E-state index in [1.54, 1.807) is 7.11 Å². The van der Waals surface area contributed by atoms with Crippen LogP contribution in [0.3, 0.4) is 0 Å². The van der Waals surface area contributed by atoms with Crippen molar-refractivity contribution < 1.29 is 9.53 Å². The lowest BCUT2D eigenvalue weighted by atomic mass is 9.78. The molecule has 1 spiro atoms. The quantitative estimate of drug-likeness (QED) is 0.751. The Balaban J connectivity index is 1.32. The molecular formula is C22H34N4O2. The molecular weight excluding hydrogens is 352 g/mol. The average Bonchev–Trinajstić information content (AvgIpc) is 3.14. The van der Waals surface area contributed by atoms with E-state index in [1.807, 2.05) is 12.4 Å². The lowest BCUT2D eigenvalue weighted by molar-refractivity contribution is -0.145. The number of methoxy groups -OCH3 is 1. The van der Waals surface area contributed by atoms with Crippen molar-refractivity contribution in [3.05, 3.63) is 18.0 Å². The predicted molar refractivity (Wildman–Crippen MR) is 108 cm³/mol. The second kappa shape index (κ2) is 8.76. The Kier molecular flexibility index (Phi) is 6.14. The van der Waals surface area contributed by atoms with Crippen molar-refractivity contribution in [2.45, 2.75) is 64.3 Å². The zero-order valence-corrected chi connectivity index (χ0v) is 17.2. The number of amides is 1. The Morgan fingerprint density at radius 1 is 1.11 bits per heavy atom. The summed E-state index contributed by atoms with van der Waals surface area (Å²) in [6, 6.07) is 0.401. The largest absolute Gasteiger partial charge is 0.467 e. The number of carbonyl (C=O) groups is 1. The van der Waals surface area contributed by atoms with Gasteiger partial charge in [-0.05, 0) is 38.1 Å². The highest BCUT2D eigenvalue weighted by Crippen LogP contribution is 2.41. The maximum absolute atomic E-state index is 13.4. The lowest BCUT2D eigenvalue weighted by Gasteiger charge is -2.40. The van der Waals surface area contributed by atoms with E-state index < -0.39 is 0 Å². The maximum atomic E-state index is 13.4. The number of aromatic nitrogens is 2. The molecule has 3 aliphatic rings. The van der Waals surface area contributed by atoms with Crippen molar-refractivity contribution in [1.29, 1.82) is 0 Å². The van der Waals surface area contributed by atoms with Crippen LogP contribution in [0.2, 0.25) is 0 Å². The molecule has 0 aromatic carbocycles. The number of piperidine rings is 1. The molecule has 6 heteroatoms. The van der Waals surface area contributed by atoms with E-state index in [-0.39, 0.29) is 5.41 Å². The molecule has 1 atom stereocenters. The molecule has 2 aliphatic heterocycles. The van der Waals surface area contributed by atoms with Gasteiger partial charge in [0.1, 0.15) is 0 Å². The van der Waals surface area contributed by atoms with E-state index >= 15 is 0 Å². The van der Waals surface area contributed by atoms with E-state index in [4.69, 9.17) is 4.74 Å². The van der Waals surface area contributed by atoms with Crippen molar-refractivity contribution in [2.24, 2.45) is 11.3 Å². The van der Waals surface area contributed by atoms with Gasteiger partial charge >= 0.3 is 6.01 Å². The topological polar surface area (TPSA) is 58.6 Å². The summed E-state index contributed by atoms with van der Waals surface area (Å²) in [5.41, 5.74) is 0.924. The third kappa shape index (κ3) is 4.32. The normalized spacial score (nSPS) is 26.9. The first-order valence-corrected chi connectivity index (χ1v) is 11.1. The summed E-state index contributed by atoms with van der Waals surface area (Å²) in [7, 11) is 1.58. The van der Waals surface area contributed by atoms with E-state index in [2.05, 4.69) is 19.8 Å². The fourth-order valence-corrected chi connectivity index (χ4v) is 5.44. The van der Waals surface area contributed by atoms with Crippen LogP contribution in [0.25, 0.3) is 0 Å². The fourth-order valence-electron chi connectivity index (χ4n) is 5.44. The molecule has 0 N–H and O–H groups in total. The molecule has 1 saturated carbocycles. The first-order valence-electron chi connectivity index (χ1n) is 11.1. The van der Waals surface area contributed by atoms with Gasteiger partial charge in [-0.3, -0.25) is 9.69 Å². The highest BCUT2D eigenvalue weighted by Gasteiger charge is 2.48. The van der Waals surface area contributed by atoms with Crippen LogP contribution in [0.15, 0.2) is 12.4 Å². The minimum absolute atomic E-state index is 0.155. The van der Waals surface area contributed by atoms with Crippen molar-refractivity contribution in [3.63, 3.8) is 0 Å². The first kappa shape index (κ1) is 19.6. The van der Waals surface area contributed by atoms with E-state index in [0.29, 0.717) is 11.9 Å². The average molecular weight is 387 g/mol. The molecule has 0 bridgehead atoms. The third-order valence-corrected chi connectivity index (χ3v) is 7.06. The van der Waals surface area contributed by atoms with Crippen molar-refractivity contribution in [3.8, 4) is 6.01 Å². The van der Waals surface area contributed by atoms with Crippen molar-refractivity contribution >= 4 is 5.91 Å².